The van der Waals surface area contributed by atoms with Crippen molar-refractivity contribution in [2.45, 2.75) is 79.6 Å². The Morgan fingerprint density at radius 1 is 0.656 bits per heavy atom. The molecule has 0 unspecified atom stereocenters. The molecule has 2 aromatic rings. The summed E-state index contributed by atoms with van der Waals surface area (Å²) in [5.74, 6) is 3.09. The van der Waals surface area contributed by atoms with E-state index < -0.39 is 24.2 Å². The summed E-state index contributed by atoms with van der Waals surface area (Å²) in [5, 5.41) is 6.95. The highest BCUT2D eigenvalue weighted by Crippen LogP contribution is 2.25. The monoisotopic (exact) mass is 492 g/mol. The lowest BCUT2D eigenvalue weighted by atomic mass is 10.3. The van der Waals surface area contributed by atoms with Crippen molar-refractivity contribution in [3.05, 3.63) is 48.5 Å². The molecule has 4 radical (unpaired) electrons. The number of hydrogen-bond acceptors (Lipinski definition) is 0. The van der Waals surface area contributed by atoms with Crippen molar-refractivity contribution >= 4 is 54.0 Å². The van der Waals surface area contributed by atoms with Crippen LogP contribution in [0, 0.1) is 23.7 Å². The Labute approximate surface area is 205 Å². The quantitative estimate of drug-likeness (QED) is 0.455. The van der Waals surface area contributed by atoms with Gasteiger partial charge in [-0.15, -0.1) is 0 Å². The summed E-state index contributed by atoms with van der Waals surface area (Å²) in [5.41, 5.74) is 0. The molecule has 3 rings (SSSR count). The van der Waals surface area contributed by atoms with Crippen molar-refractivity contribution in [2.24, 2.45) is 23.7 Å². The van der Waals surface area contributed by atoms with Crippen molar-refractivity contribution in [1.82, 2.24) is 0 Å². The van der Waals surface area contributed by atoms with Gasteiger partial charge in [0.05, 0.1) is 33.3 Å². The van der Waals surface area contributed by atoms with Gasteiger partial charge in [0, 0.05) is 0 Å². The molecule has 1 aliphatic rings. The predicted octanol–water partition coefficient (Wildman–Crippen LogP) is 4.99. The van der Waals surface area contributed by atoms with Crippen LogP contribution < -0.4 is 20.7 Å². The third-order valence-corrected chi connectivity index (χ3v) is 26.7. The van der Waals surface area contributed by atoms with Crippen molar-refractivity contribution in [3.8, 4) is 0 Å². The van der Waals surface area contributed by atoms with Gasteiger partial charge < -0.3 is 0 Å². The molecule has 0 saturated heterocycles. The molecule has 2 aromatic carbocycles. The van der Waals surface area contributed by atoms with E-state index in [1.165, 1.54) is 24.2 Å². The summed E-state index contributed by atoms with van der Waals surface area (Å²) in [6.07, 6.45) is 0. The standard InChI is InChI=1S/C28H44Si4/c1-21(2)17-30-26-12-9-11-25(15-26)29-32(19-23(5)6,20-24(7)8)28-14-10-13-27(16-28)31(30)18-22(3)4/h9-16,21-24H,17-20H2,1-8H3. The van der Waals surface area contributed by atoms with Crippen LogP contribution in [0.3, 0.4) is 0 Å². The van der Waals surface area contributed by atoms with E-state index in [0.717, 1.165) is 32.7 Å². The maximum atomic E-state index is 2.78. The van der Waals surface area contributed by atoms with Crippen molar-refractivity contribution in [1.29, 1.82) is 0 Å². The second-order valence-corrected chi connectivity index (χ2v) is 27.2. The van der Waals surface area contributed by atoms with Gasteiger partial charge in [-0.3, -0.25) is 0 Å². The molecule has 0 saturated carbocycles. The third kappa shape index (κ3) is 6.46. The smallest absolute Gasteiger partial charge is 0.0669 e. The second kappa shape index (κ2) is 11.2. The number of rotatable bonds is 8. The molecule has 0 aromatic heterocycles. The van der Waals surface area contributed by atoms with Gasteiger partial charge in [-0.2, -0.15) is 0 Å². The van der Waals surface area contributed by atoms with Crippen molar-refractivity contribution in [2.75, 3.05) is 0 Å². The van der Waals surface area contributed by atoms with Crippen LogP contribution >= 0.6 is 0 Å². The Hall–Kier alpha value is -0.692. The maximum Gasteiger partial charge on any atom is 0.0810 e. The molecule has 32 heavy (non-hydrogen) atoms. The summed E-state index contributed by atoms with van der Waals surface area (Å²) < 4.78 is 0. The fourth-order valence-electron chi connectivity index (χ4n) is 5.60. The third-order valence-electron chi connectivity index (χ3n) is 6.46. The molecule has 0 N–H and O–H groups in total. The second-order valence-electron chi connectivity index (χ2n) is 11.7. The SMILES string of the molecule is CC(C)C[Si]1c2cccc(c2)[Si][Si](CC(C)C)(CC(C)C)c2cccc(c2)[Si]1CC(C)C. The summed E-state index contributed by atoms with van der Waals surface area (Å²) >= 11 is 0. The van der Waals surface area contributed by atoms with Crippen molar-refractivity contribution in [3.63, 3.8) is 0 Å². The molecule has 1 aliphatic heterocycles. The van der Waals surface area contributed by atoms with E-state index in [2.05, 4.69) is 104 Å². The highest BCUT2D eigenvalue weighted by molar-refractivity contribution is 7.36. The minimum atomic E-state index is -1.63. The van der Waals surface area contributed by atoms with E-state index >= 15 is 0 Å². The van der Waals surface area contributed by atoms with E-state index in [4.69, 9.17) is 0 Å². The van der Waals surface area contributed by atoms with Gasteiger partial charge in [0.1, 0.15) is 0 Å². The summed E-state index contributed by atoms with van der Waals surface area (Å²) in [6, 6.07) is 26.1. The van der Waals surface area contributed by atoms with E-state index in [9.17, 15) is 0 Å². The normalized spacial score (nSPS) is 17.0. The predicted molar refractivity (Wildman–Crippen MR) is 153 cm³/mol. The fraction of sp³-hybridized carbons (Fsp3) is 0.571. The first-order chi connectivity index (χ1) is 15.1. The van der Waals surface area contributed by atoms with Gasteiger partial charge in [0.25, 0.3) is 0 Å². The van der Waals surface area contributed by atoms with E-state index in [-0.39, 0.29) is 0 Å². The topological polar surface area (TPSA) is 0 Å². The van der Waals surface area contributed by atoms with Gasteiger partial charge in [-0.05, 0) is 23.7 Å². The summed E-state index contributed by atoms with van der Waals surface area (Å²) in [4.78, 5) is 0. The highest BCUT2D eigenvalue weighted by Gasteiger charge is 2.39. The molecule has 0 nitrogen and oxygen atoms in total. The van der Waals surface area contributed by atoms with Crippen LogP contribution in [0.2, 0.25) is 24.2 Å². The van der Waals surface area contributed by atoms with Crippen LogP contribution in [0.5, 0.6) is 0 Å². The first-order valence-corrected chi connectivity index (χ1v) is 21.6. The van der Waals surface area contributed by atoms with Gasteiger partial charge in [0.15, 0.2) is 0 Å². The molecule has 0 spiro atoms. The number of fused-ring (bicyclic) bond motifs is 4. The minimum absolute atomic E-state index is 0.573. The molecular weight excluding hydrogens is 449 g/mol. The molecule has 4 bridgehead atoms. The van der Waals surface area contributed by atoms with Gasteiger partial charge in [-0.25, -0.2) is 0 Å². The Morgan fingerprint density at radius 3 is 1.66 bits per heavy atom. The largest absolute Gasteiger partial charge is 0.0810 e. The Kier molecular flexibility index (Phi) is 9.04. The number of benzene rings is 2. The maximum absolute atomic E-state index is 2.78. The summed E-state index contributed by atoms with van der Waals surface area (Å²) in [6.45, 7) is 19.6. The van der Waals surface area contributed by atoms with Gasteiger partial charge in [-0.1, -0.05) is 149 Å². The first-order valence-electron chi connectivity index (χ1n) is 12.8. The molecule has 0 fully saturated rings. The Morgan fingerprint density at radius 2 is 1.16 bits per heavy atom. The lowest BCUT2D eigenvalue weighted by molar-refractivity contribution is 0.690. The number of hydrogen-bond donors (Lipinski definition) is 0. The zero-order chi connectivity index (χ0) is 23.5. The molecule has 0 amide bonds. The van der Waals surface area contributed by atoms with E-state index in [0.29, 0.717) is 0 Å². The van der Waals surface area contributed by atoms with Crippen LogP contribution in [0.4, 0.5) is 0 Å². The Bertz CT molecular complexity index is 861. The lowest BCUT2D eigenvalue weighted by Crippen LogP contribution is -2.62. The summed E-state index contributed by atoms with van der Waals surface area (Å²) in [7, 11) is -1.80. The van der Waals surface area contributed by atoms with Crippen LogP contribution in [-0.4, -0.2) is 33.3 Å². The van der Waals surface area contributed by atoms with Crippen molar-refractivity contribution < 1.29 is 0 Å². The Balaban J connectivity index is 2.25. The average molecular weight is 493 g/mol. The van der Waals surface area contributed by atoms with Gasteiger partial charge >= 0.3 is 0 Å². The fourth-order valence-corrected chi connectivity index (χ4v) is 29.1. The molecule has 172 valence electrons. The average Bonchev–Trinajstić information content (AvgIpc) is 2.69. The van der Waals surface area contributed by atoms with Gasteiger partial charge in [0.2, 0.25) is 0 Å². The minimum Gasteiger partial charge on any atom is -0.0669 e. The lowest BCUT2D eigenvalue weighted by Gasteiger charge is -2.38. The van der Waals surface area contributed by atoms with Crippen LogP contribution in [0.1, 0.15) is 55.4 Å². The van der Waals surface area contributed by atoms with Crippen LogP contribution in [0.15, 0.2) is 48.5 Å². The molecule has 0 aliphatic carbocycles. The van der Waals surface area contributed by atoms with E-state index in [1.54, 1.807) is 20.7 Å². The zero-order valence-electron chi connectivity index (χ0n) is 21.8. The molecular formula is C28H44Si4. The highest BCUT2D eigenvalue weighted by atomic mass is 29.2. The van der Waals surface area contributed by atoms with Crippen LogP contribution in [0.25, 0.3) is 0 Å². The molecule has 4 heteroatoms. The van der Waals surface area contributed by atoms with Crippen LogP contribution in [-0.2, 0) is 0 Å². The van der Waals surface area contributed by atoms with E-state index in [1.807, 2.05) is 0 Å². The zero-order valence-corrected chi connectivity index (χ0v) is 25.8. The molecule has 1 heterocycles. The molecule has 0 atom stereocenters. The first kappa shape index (κ1) is 25.9.